The molecule has 3 fully saturated rings. The molecule has 2 heterocycles. The summed E-state index contributed by atoms with van der Waals surface area (Å²) in [6.07, 6.45) is -0.742. The molecule has 10 heteroatoms. The van der Waals surface area contributed by atoms with Crippen LogP contribution in [0.2, 0.25) is 0 Å². The topological polar surface area (TPSA) is 62.3 Å². The molecule has 0 N–H and O–H groups in total. The van der Waals surface area contributed by atoms with E-state index in [9.17, 15) is 22.8 Å². The minimum atomic E-state index is -4.43. The van der Waals surface area contributed by atoms with Crippen LogP contribution in [-0.2, 0) is 15.7 Å². The van der Waals surface area contributed by atoms with E-state index in [-0.39, 0.29) is 24.6 Å². The van der Waals surface area contributed by atoms with Crippen LogP contribution in [0.25, 0.3) is 0 Å². The lowest BCUT2D eigenvalue weighted by atomic mass is 9.91. The molecule has 1 aromatic carbocycles. The highest BCUT2D eigenvalue weighted by Gasteiger charge is 2.44. The van der Waals surface area contributed by atoms with E-state index in [4.69, 9.17) is 9.47 Å². The zero-order valence-electron chi connectivity index (χ0n) is 21.2. The van der Waals surface area contributed by atoms with Crippen LogP contribution in [0.1, 0.15) is 58.4 Å². The second-order valence-corrected chi connectivity index (χ2v) is 10.9. The number of hydrogen-bond acceptors (Lipinski definition) is 5. The second kappa shape index (κ2) is 10.5. The Balaban J connectivity index is 1.45. The molecule has 3 aliphatic rings. The molecule has 36 heavy (non-hydrogen) atoms. The highest BCUT2D eigenvalue weighted by Crippen LogP contribution is 2.32. The lowest BCUT2D eigenvalue weighted by Gasteiger charge is -2.37. The van der Waals surface area contributed by atoms with Crippen molar-refractivity contribution in [3.05, 3.63) is 29.8 Å². The highest BCUT2D eigenvalue weighted by molar-refractivity contribution is 5.86. The van der Waals surface area contributed by atoms with Crippen LogP contribution in [-0.4, -0.2) is 83.2 Å². The Hall–Kier alpha value is -2.49. The van der Waals surface area contributed by atoms with Gasteiger partial charge >= 0.3 is 12.3 Å². The third kappa shape index (κ3) is 6.44. The maximum atomic E-state index is 13.6. The molecular weight excluding hydrogens is 475 g/mol. The first-order valence-electron chi connectivity index (χ1n) is 12.8. The van der Waals surface area contributed by atoms with Crippen molar-refractivity contribution in [1.29, 1.82) is 0 Å². The van der Waals surface area contributed by atoms with E-state index in [0.717, 1.165) is 31.6 Å². The first kappa shape index (κ1) is 26.6. The van der Waals surface area contributed by atoms with E-state index in [1.54, 1.807) is 20.8 Å². The molecule has 0 spiro atoms. The molecule has 1 saturated carbocycles. The quantitative estimate of drug-likeness (QED) is 0.594. The summed E-state index contributed by atoms with van der Waals surface area (Å²) in [6, 6.07) is 4.33. The summed E-state index contributed by atoms with van der Waals surface area (Å²) in [7, 11) is 0. The zero-order valence-corrected chi connectivity index (χ0v) is 21.2. The van der Waals surface area contributed by atoms with Crippen LogP contribution in [0, 0.1) is 0 Å². The number of rotatable bonds is 4. The zero-order chi connectivity index (χ0) is 26.1. The van der Waals surface area contributed by atoms with E-state index >= 15 is 0 Å². The minimum absolute atomic E-state index is 0.119. The average Bonchev–Trinajstić information content (AvgIpc) is 3.02. The van der Waals surface area contributed by atoms with Crippen LogP contribution in [0.15, 0.2) is 24.3 Å². The van der Waals surface area contributed by atoms with Gasteiger partial charge in [-0.15, -0.1) is 0 Å². The Labute approximate surface area is 210 Å². The standard InChI is InChI=1S/C26H36F3N3O4/c1-25(2,3)36-24(34)32-17-21(35-20-10-8-18(9-11-20)26(27,28)29)16-22(32)23(33)31-13-5-12-30(14-15-31)19-6-4-7-19/h8-11,19,21-22H,4-7,12-17H2,1-3H3. The number of nitrogens with zero attached hydrogens (tertiary/aromatic N) is 3. The van der Waals surface area contributed by atoms with Crippen molar-refractivity contribution < 1.29 is 32.2 Å². The van der Waals surface area contributed by atoms with Gasteiger partial charge in [0, 0.05) is 38.6 Å². The predicted octanol–water partition coefficient (Wildman–Crippen LogP) is 4.55. The van der Waals surface area contributed by atoms with Gasteiger partial charge in [-0.3, -0.25) is 14.6 Å². The van der Waals surface area contributed by atoms with Crippen LogP contribution >= 0.6 is 0 Å². The van der Waals surface area contributed by atoms with Crippen molar-refractivity contribution in [3.63, 3.8) is 0 Å². The number of carbonyl (C=O) groups excluding carboxylic acids is 2. The molecule has 1 aromatic rings. The number of halogens is 3. The van der Waals surface area contributed by atoms with E-state index in [0.29, 0.717) is 19.1 Å². The van der Waals surface area contributed by atoms with E-state index in [1.165, 1.54) is 36.3 Å². The lowest BCUT2D eigenvalue weighted by Crippen LogP contribution is -2.50. The second-order valence-electron chi connectivity index (χ2n) is 10.9. The number of likely N-dealkylation sites (tertiary alicyclic amines) is 1. The predicted molar refractivity (Wildman–Crippen MR) is 128 cm³/mol. The first-order chi connectivity index (χ1) is 16.9. The van der Waals surface area contributed by atoms with Crippen molar-refractivity contribution in [2.75, 3.05) is 32.7 Å². The fraction of sp³-hybridized carbons (Fsp3) is 0.692. The number of alkyl halides is 3. The Morgan fingerprint density at radius 1 is 0.944 bits per heavy atom. The summed E-state index contributed by atoms with van der Waals surface area (Å²) in [5.41, 5.74) is -1.50. The largest absolute Gasteiger partial charge is 0.488 e. The summed E-state index contributed by atoms with van der Waals surface area (Å²) in [4.78, 5) is 32.3. The van der Waals surface area contributed by atoms with Crippen molar-refractivity contribution in [1.82, 2.24) is 14.7 Å². The van der Waals surface area contributed by atoms with E-state index in [1.807, 2.05) is 4.90 Å². The molecule has 0 radical (unpaired) electrons. The monoisotopic (exact) mass is 511 g/mol. The maximum Gasteiger partial charge on any atom is 0.416 e. The van der Waals surface area contributed by atoms with Gasteiger partial charge in [0.2, 0.25) is 5.91 Å². The number of carbonyl (C=O) groups is 2. The van der Waals surface area contributed by atoms with Crippen LogP contribution in [0.5, 0.6) is 5.75 Å². The summed E-state index contributed by atoms with van der Waals surface area (Å²) < 4.78 is 50.2. The molecular formula is C26H36F3N3O4. The summed E-state index contributed by atoms with van der Waals surface area (Å²) >= 11 is 0. The minimum Gasteiger partial charge on any atom is -0.488 e. The van der Waals surface area contributed by atoms with Crippen LogP contribution in [0.4, 0.5) is 18.0 Å². The number of amides is 2. The Kier molecular flexibility index (Phi) is 7.73. The molecule has 2 amide bonds. The van der Waals surface area contributed by atoms with Gasteiger partial charge in [-0.2, -0.15) is 13.2 Å². The summed E-state index contributed by atoms with van der Waals surface area (Å²) in [6.45, 7) is 8.43. The molecule has 0 aromatic heterocycles. The van der Waals surface area contributed by atoms with Gasteiger partial charge in [-0.05, 0) is 64.3 Å². The Morgan fingerprint density at radius 3 is 2.22 bits per heavy atom. The maximum absolute atomic E-state index is 13.6. The Morgan fingerprint density at radius 2 is 1.64 bits per heavy atom. The van der Waals surface area contributed by atoms with Crippen molar-refractivity contribution in [3.8, 4) is 5.75 Å². The van der Waals surface area contributed by atoms with Crippen molar-refractivity contribution in [2.45, 2.75) is 82.8 Å². The number of hydrogen-bond donors (Lipinski definition) is 0. The molecule has 2 unspecified atom stereocenters. The van der Waals surface area contributed by atoms with Gasteiger partial charge in [0.1, 0.15) is 23.5 Å². The van der Waals surface area contributed by atoms with E-state index in [2.05, 4.69) is 4.90 Å². The summed E-state index contributed by atoms with van der Waals surface area (Å²) in [5, 5.41) is 0. The van der Waals surface area contributed by atoms with Crippen LogP contribution in [0.3, 0.4) is 0 Å². The van der Waals surface area contributed by atoms with Gasteiger partial charge in [-0.25, -0.2) is 4.79 Å². The molecule has 0 bridgehead atoms. The molecule has 2 aliphatic heterocycles. The fourth-order valence-corrected chi connectivity index (χ4v) is 5.04. The van der Waals surface area contributed by atoms with Gasteiger partial charge < -0.3 is 14.4 Å². The van der Waals surface area contributed by atoms with Crippen molar-refractivity contribution >= 4 is 12.0 Å². The molecule has 2 saturated heterocycles. The molecule has 7 nitrogen and oxygen atoms in total. The number of benzene rings is 1. The van der Waals surface area contributed by atoms with E-state index < -0.39 is 35.6 Å². The first-order valence-corrected chi connectivity index (χ1v) is 12.8. The van der Waals surface area contributed by atoms with Crippen molar-refractivity contribution in [2.24, 2.45) is 0 Å². The summed E-state index contributed by atoms with van der Waals surface area (Å²) in [5.74, 6) is 0.131. The smallest absolute Gasteiger partial charge is 0.416 e. The van der Waals surface area contributed by atoms with Gasteiger partial charge in [0.15, 0.2) is 0 Å². The van der Waals surface area contributed by atoms with Crippen LogP contribution < -0.4 is 4.74 Å². The normalized spacial score (nSPS) is 24.3. The third-order valence-corrected chi connectivity index (χ3v) is 7.09. The molecule has 200 valence electrons. The average molecular weight is 512 g/mol. The Bertz CT molecular complexity index is 928. The van der Waals surface area contributed by atoms with Gasteiger partial charge in [0.05, 0.1) is 12.1 Å². The third-order valence-electron chi connectivity index (χ3n) is 7.09. The van der Waals surface area contributed by atoms with Gasteiger partial charge in [-0.1, -0.05) is 6.42 Å². The molecule has 4 rings (SSSR count). The fourth-order valence-electron chi connectivity index (χ4n) is 5.04. The highest BCUT2D eigenvalue weighted by atomic mass is 19.4. The molecule has 1 aliphatic carbocycles. The SMILES string of the molecule is CC(C)(C)OC(=O)N1CC(Oc2ccc(C(F)(F)F)cc2)CC1C(=O)N1CCCN(C2CCC2)CC1. The lowest BCUT2D eigenvalue weighted by molar-refractivity contribution is -0.137. The van der Waals surface area contributed by atoms with Gasteiger partial charge in [0.25, 0.3) is 0 Å². The molecule has 2 atom stereocenters. The number of ether oxygens (including phenoxy) is 2.